The van der Waals surface area contributed by atoms with Gasteiger partial charge in [-0.2, -0.15) is 0 Å². The number of hydrogen-bond acceptors (Lipinski definition) is 4. The smallest absolute Gasteiger partial charge is 0.321 e. The summed E-state index contributed by atoms with van der Waals surface area (Å²) < 4.78 is 5.21. The molecule has 2 aliphatic rings. The van der Waals surface area contributed by atoms with Crippen molar-refractivity contribution in [2.45, 2.75) is 20.3 Å². The van der Waals surface area contributed by atoms with Crippen LogP contribution >= 0.6 is 0 Å². The van der Waals surface area contributed by atoms with Crippen LogP contribution in [-0.2, 0) is 9.59 Å². The van der Waals surface area contributed by atoms with E-state index in [-0.39, 0.29) is 23.8 Å². The van der Waals surface area contributed by atoms with Crippen LogP contribution in [0.15, 0.2) is 24.3 Å². The number of anilines is 1. The van der Waals surface area contributed by atoms with Gasteiger partial charge in [-0.15, -0.1) is 0 Å². The SMILES string of the molecule is COc1cccc(NC(=O)N2CCN(C(=O)C(C)C)CC3(CC(=O)N(C)C3)C2)c1. The number of benzene rings is 1. The summed E-state index contributed by atoms with van der Waals surface area (Å²) in [6.07, 6.45) is 0.342. The second-order valence-corrected chi connectivity index (χ2v) is 8.42. The first kappa shape index (κ1) is 21.0. The van der Waals surface area contributed by atoms with E-state index < -0.39 is 5.41 Å². The molecule has 3 rings (SSSR count). The molecule has 1 aromatic rings. The van der Waals surface area contributed by atoms with E-state index in [1.807, 2.05) is 30.9 Å². The molecule has 29 heavy (non-hydrogen) atoms. The quantitative estimate of drug-likeness (QED) is 0.837. The number of likely N-dealkylation sites (tertiary alicyclic amines) is 1. The number of carbonyl (C=O) groups is 3. The van der Waals surface area contributed by atoms with Crippen molar-refractivity contribution in [3.05, 3.63) is 24.3 Å². The van der Waals surface area contributed by atoms with Crippen LogP contribution in [0.4, 0.5) is 10.5 Å². The van der Waals surface area contributed by atoms with E-state index in [2.05, 4.69) is 5.32 Å². The first-order valence-electron chi connectivity index (χ1n) is 9.96. The third kappa shape index (κ3) is 4.63. The summed E-state index contributed by atoms with van der Waals surface area (Å²) in [5.74, 6) is 0.643. The molecule has 0 aliphatic carbocycles. The zero-order valence-corrected chi connectivity index (χ0v) is 17.6. The fourth-order valence-electron chi connectivity index (χ4n) is 4.20. The lowest BCUT2D eigenvalue weighted by atomic mass is 9.85. The summed E-state index contributed by atoms with van der Waals surface area (Å²) in [5.41, 5.74) is 0.195. The van der Waals surface area contributed by atoms with Crippen LogP contribution in [0.5, 0.6) is 5.75 Å². The molecule has 1 unspecified atom stereocenters. The highest BCUT2D eigenvalue weighted by Gasteiger charge is 2.47. The predicted octanol–water partition coefficient (Wildman–Crippen LogP) is 1.88. The molecule has 2 heterocycles. The number of hydrogen-bond donors (Lipinski definition) is 1. The standard InChI is InChI=1S/C21H30N4O4/c1-15(2)19(27)24-8-9-25(14-21(13-24)11-18(26)23(3)12-21)20(28)22-16-6-5-7-17(10-16)29-4/h5-7,10,15H,8-9,11-14H2,1-4H3,(H,22,28). The topological polar surface area (TPSA) is 82.2 Å². The Labute approximate surface area is 171 Å². The Hall–Kier alpha value is -2.77. The van der Waals surface area contributed by atoms with Crippen LogP contribution in [-0.4, -0.2) is 79.4 Å². The number of rotatable bonds is 3. The van der Waals surface area contributed by atoms with E-state index in [1.54, 1.807) is 36.1 Å². The van der Waals surface area contributed by atoms with Crippen LogP contribution < -0.4 is 10.1 Å². The van der Waals surface area contributed by atoms with E-state index in [0.29, 0.717) is 50.6 Å². The van der Waals surface area contributed by atoms with Crippen molar-refractivity contribution in [3.63, 3.8) is 0 Å². The summed E-state index contributed by atoms with van der Waals surface area (Å²) in [7, 11) is 3.35. The van der Waals surface area contributed by atoms with E-state index in [0.717, 1.165) is 0 Å². The number of nitrogens with zero attached hydrogens (tertiary/aromatic N) is 3. The number of ether oxygens (including phenoxy) is 1. The van der Waals surface area contributed by atoms with Gasteiger partial charge in [-0.1, -0.05) is 19.9 Å². The van der Waals surface area contributed by atoms with Crippen molar-refractivity contribution in [2.24, 2.45) is 11.3 Å². The molecule has 4 amide bonds. The first-order chi connectivity index (χ1) is 13.7. The molecule has 1 spiro atoms. The number of nitrogens with one attached hydrogen (secondary N) is 1. The molecule has 0 radical (unpaired) electrons. The fourth-order valence-corrected chi connectivity index (χ4v) is 4.20. The van der Waals surface area contributed by atoms with Crippen molar-refractivity contribution >= 4 is 23.5 Å². The second kappa shape index (κ2) is 8.31. The summed E-state index contributed by atoms with van der Waals surface area (Å²) in [4.78, 5) is 43.2. The Morgan fingerprint density at radius 2 is 1.83 bits per heavy atom. The molecular formula is C21H30N4O4. The molecule has 158 valence electrons. The molecule has 1 aromatic carbocycles. The van der Waals surface area contributed by atoms with E-state index in [1.165, 1.54) is 0 Å². The molecule has 0 saturated carbocycles. The molecule has 2 aliphatic heterocycles. The van der Waals surface area contributed by atoms with Crippen LogP contribution in [0.25, 0.3) is 0 Å². The van der Waals surface area contributed by atoms with Crippen molar-refractivity contribution in [1.29, 1.82) is 0 Å². The molecule has 1 N–H and O–H groups in total. The first-order valence-corrected chi connectivity index (χ1v) is 9.96. The van der Waals surface area contributed by atoms with Crippen molar-refractivity contribution in [1.82, 2.24) is 14.7 Å². The van der Waals surface area contributed by atoms with Gasteiger partial charge >= 0.3 is 6.03 Å². The Kier molecular flexibility index (Phi) is 6.00. The molecule has 0 bridgehead atoms. The summed E-state index contributed by atoms with van der Waals surface area (Å²) in [5, 5.41) is 2.91. The normalized spacial score (nSPS) is 22.2. The third-order valence-corrected chi connectivity index (χ3v) is 5.63. The van der Waals surface area contributed by atoms with Crippen molar-refractivity contribution < 1.29 is 19.1 Å². The minimum absolute atomic E-state index is 0.0528. The highest BCUT2D eigenvalue weighted by molar-refractivity contribution is 5.90. The van der Waals surface area contributed by atoms with Gasteiger partial charge in [0.15, 0.2) is 0 Å². The molecule has 2 fully saturated rings. The molecule has 2 saturated heterocycles. The lowest BCUT2D eigenvalue weighted by molar-refractivity contribution is -0.135. The molecule has 8 heteroatoms. The Bertz CT molecular complexity index is 797. The Balaban J connectivity index is 1.80. The third-order valence-electron chi connectivity index (χ3n) is 5.63. The van der Waals surface area contributed by atoms with Gasteiger partial charge in [-0.05, 0) is 12.1 Å². The van der Waals surface area contributed by atoms with Gasteiger partial charge in [0.05, 0.1) is 7.11 Å². The highest BCUT2D eigenvalue weighted by Crippen LogP contribution is 2.35. The molecule has 8 nitrogen and oxygen atoms in total. The van der Waals surface area contributed by atoms with Crippen LogP contribution in [0.2, 0.25) is 0 Å². The zero-order valence-electron chi connectivity index (χ0n) is 17.6. The number of urea groups is 1. The highest BCUT2D eigenvalue weighted by atomic mass is 16.5. The average Bonchev–Trinajstić information content (AvgIpc) is 2.85. The maximum Gasteiger partial charge on any atom is 0.321 e. The van der Waals surface area contributed by atoms with Gasteiger partial charge in [0.25, 0.3) is 0 Å². The maximum absolute atomic E-state index is 13.0. The van der Waals surface area contributed by atoms with E-state index >= 15 is 0 Å². The van der Waals surface area contributed by atoms with Gasteiger partial charge in [0.2, 0.25) is 11.8 Å². The van der Waals surface area contributed by atoms with Crippen LogP contribution in [0, 0.1) is 11.3 Å². The van der Waals surface area contributed by atoms with Gasteiger partial charge in [0, 0.05) is 69.3 Å². The second-order valence-electron chi connectivity index (χ2n) is 8.42. The van der Waals surface area contributed by atoms with Gasteiger partial charge in [0.1, 0.15) is 5.75 Å². The lowest BCUT2D eigenvalue weighted by Crippen LogP contribution is -2.46. The monoisotopic (exact) mass is 402 g/mol. The number of methoxy groups -OCH3 is 1. The lowest BCUT2D eigenvalue weighted by Gasteiger charge is -2.33. The minimum atomic E-state index is -0.446. The van der Waals surface area contributed by atoms with Crippen LogP contribution in [0.3, 0.4) is 0 Å². The summed E-state index contributed by atoms with van der Waals surface area (Å²) in [6, 6.07) is 6.94. The largest absolute Gasteiger partial charge is 0.497 e. The summed E-state index contributed by atoms with van der Waals surface area (Å²) >= 11 is 0. The van der Waals surface area contributed by atoms with E-state index in [9.17, 15) is 14.4 Å². The Morgan fingerprint density at radius 3 is 2.45 bits per heavy atom. The average molecular weight is 402 g/mol. The molecular weight excluding hydrogens is 372 g/mol. The molecule has 1 atom stereocenters. The zero-order chi connectivity index (χ0) is 21.2. The maximum atomic E-state index is 13.0. The number of amides is 4. The van der Waals surface area contributed by atoms with Gasteiger partial charge in [-0.25, -0.2) is 4.79 Å². The van der Waals surface area contributed by atoms with Crippen LogP contribution in [0.1, 0.15) is 20.3 Å². The number of carbonyl (C=O) groups excluding carboxylic acids is 3. The fraction of sp³-hybridized carbons (Fsp3) is 0.571. The minimum Gasteiger partial charge on any atom is -0.497 e. The van der Waals surface area contributed by atoms with Gasteiger partial charge in [-0.3, -0.25) is 9.59 Å². The predicted molar refractivity (Wildman–Crippen MR) is 110 cm³/mol. The van der Waals surface area contributed by atoms with E-state index in [4.69, 9.17) is 4.74 Å². The van der Waals surface area contributed by atoms with Crippen molar-refractivity contribution in [2.75, 3.05) is 52.2 Å². The summed E-state index contributed by atoms with van der Waals surface area (Å²) in [6.45, 7) is 6.09. The van der Waals surface area contributed by atoms with Gasteiger partial charge < -0.3 is 24.8 Å². The molecule has 0 aromatic heterocycles. The Morgan fingerprint density at radius 1 is 1.14 bits per heavy atom. The van der Waals surface area contributed by atoms with Crippen molar-refractivity contribution in [3.8, 4) is 5.75 Å².